The zero-order valence-electron chi connectivity index (χ0n) is 13.8. The van der Waals surface area contributed by atoms with Crippen molar-refractivity contribution in [2.24, 2.45) is 5.14 Å². The number of rotatable bonds is 4. The molecule has 0 saturated carbocycles. The number of benzene rings is 2. The van der Waals surface area contributed by atoms with E-state index in [1.165, 1.54) is 30.0 Å². The van der Waals surface area contributed by atoms with Crippen molar-refractivity contribution in [3.63, 3.8) is 0 Å². The van der Waals surface area contributed by atoms with Gasteiger partial charge in [-0.3, -0.25) is 0 Å². The fourth-order valence-electron chi connectivity index (χ4n) is 2.60. The molecule has 10 heteroatoms. The Morgan fingerprint density at radius 1 is 1.19 bits per heavy atom. The fourth-order valence-corrected chi connectivity index (χ4v) is 3.96. The summed E-state index contributed by atoms with van der Waals surface area (Å²) in [5, 5.41) is 19.2. The molecule has 0 unspecified atom stereocenters. The van der Waals surface area contributed by atoms with Crippen LogP contribution in [0.5, 0.6) is 5.75 Å². The highest BCUT2D eigenvalue weighted by molar-refractivity contribution is 7.89. The van der Waals surface area contributed by atoms with Gasteiger partial charge < -0.3 is 4.74 Å². The predicted molar refractivity (Wildman–Crippen MR) is 102 cm³/mol. The predicted octanol–water partition coefficient (Wildman–Crippen LogP) is 3.37. The highest BCUT2D eigenvalue weighted by Crippen LogP contribution is 2.38. The average molecular weight is 423 g/mol. The molecule has 0 aliphatic carbocycles. The maximum atomic E-state index is 12.0. The number of hydrogen-bond donors (Lipinski definition) is 1. The lowest BCUT2D eigenvalue weighted by Gasteiger charge is -2.13. The standard InChI is InChI=1S/C17H12Cl2N4O3S/c1-26-17-12(18)6-10(7-13(17)19)15-8-11(9-20)22-23(15)14-4-2-3-5-16(14)27(21,24)25/h2-8H,1H3,(H2,21,24,25). The Labute approximate surface area is 165 Å². The van der Waals surface area contributed by atoms with Crippen LogP contribution < -0.4 is 9.88 Å². The van der Waals surface area contributed by atoms with Gasteiger partial charge in [-0.25, -0.2) is 18.2 Å². The third-order valence-corrected chi connectivity index (χ3v) is 5.24. The first kappa shape index (κ1) is 19.2. The molecule has 0 amide bonds. The number of methoxy groups -OCH3 is 1. The van der Waals surface area contributed by atoms with Crippen molar-refractivity contribution in [2.45, 2.75) is 4.90 Å². The molecule has 2 aromatic carbocycles. The first-order chi connectivity index (χ1) is 12.8. The number of aromatic nitrogens is 2. The molecule has 0 aliphatic heterocycles. The van der Waals surface area contributed by atoms with Gasteiger partial charge in [-0.15, -0.1) is 0 Å². The van der Waals surface area contributed by atoms with Crippen molar-refractivity contribution in [2.75, 3.05) is 7.11 Å². The summed E-state index contributed by atoms with van der Waals surface area (Å²) in [6.07, 6.45) is 0. The van der Waals surface area contributed by atoms with E-state index in [4.69, 9.17) is 33.1 Å². The summed E-state index contributed by atoms with van der Waals surface area (Å²) in [5.74, 6) is 0.304. The Morgan fingerprint density at radius 3 is 2.37 bits per heavy atom. The van der Waals surface area contributed by atoms with Crippen LogP contribution in [0.3, 0.4) is 0 Å². The van der Waals surface area contributed by atoms with E-state index in [1.807, 2.05) is 6.07 Å². The third-order valence-electron chi connectivity index (χ3n) is 3.72. The van der Waals surface area contributed by atoms with Gasteiger partial charge in [0.25, 0.3) is 0 Å². The Balaban J connectivity index is 2.31. The lowest BCUT2D eigenvalue weighted by molar-refractivity contribution is 0.415. The lowest BCUT2D eigenvalue weighted by Crippen LogP contribution is -2.16. The molecule has 0 saturated heterocycles. The molecule has 0 aliphatic rings. The van der Waals surface area contributed by atoms with E-state index < -0.39 is 10.0 Å². The van der Waals surface area contributed by atoms with Crippen molar-refractivity contribution in [1.82, 2.24) is 9.78 Å². The zero-order valence-corrected chi connectivity index (χ0v) is 16.2. The lowest BCUT2D eigenvalue weighted by atomic mass is 10.1. The van der Waals surface area contributed by atoms with Gasteiger partial charge in [-0.05, 0) is 24.3 Å². The molecule has 3 rings (SSSR count). The van der Waals surface area contributed by atoms with E-state index in [0.29, 0.717) is 17.0 Å². The molecule has 27 heavy (non-hydrogen) atoms. The number of halogens is 2. The quantitative estimate of drug-likeness (QED) is 0.692. The molecule has 1 aromatic heterocycles. The Morgan fingerprint density at radius 2 is 1.81 bits per heavy atom. The van der Waals surface area contributed by atoms with Gasteiger partial charge in [-0.1, -0.05) is 35.3 Å². The average Bonchev–Trinajstić information content (AvgIpc) is 3.05. The second-order valence-corrected chi connectivity index (χ2v) is 7.77. The number of hydrogen-bond acceptors (Lipinski definition) is 5. The molecule has 138 valence electrons. The minimum Gasteiger partial charge on any atom is -0.494 e. The highest BCUT2D eigenvalue weighted by Gasteiger charge is 2.20. The summed E-state index contributed by atoms with van der Waals surface area (Å²) in [5.41, 5.74) is 1.20. The highest BCUT2D eigenvalue weighted by atomic mass is 35.5. The van der Waals surface area contributed by atoms with Crippen LogP contribution in [-0.4, -0.2) is 25.3 Å². The van der Waals surface area contributed by atoms with Gasteiger partial charge in [0.1, 0.15) is 11.0 Å². The van der Waals surface area contributed by atoms with E-state index in [0.717, 1.165) is 0 Å². The number of nitrogens with zero attached hydrogens (tertiary/aromatic N) is 3. The summed E-state index contributed by atoms with van der Waals surface area (Å²) >= 11 is 12.4. The van der Waals surface area contributed by atoms with Gasteiger partial charge in [0, 0.05) is 11.6 Å². The molecule has 0 fully saturated rings. The van der Waals surface area contributed by atoms with Crippen LogP contribution in [-0.2, 0) is 10.0 Å². The van der Waals surface area contributed by atoms with Gasteiger partial charge in [-0.2, -0.15) is 10.4 Å². The van der Waals surface area contributed by atoms with Crippen LogP contribution in [0.2, 0.25) is 10.0 Å². The maximum absolute atomic E-state index is 12.0. The Kier molecular flexibility index (Phi) is 5.13. The van der Waals surface area contributed by atoms with E-state index in [2.05, 4.69) is 5.10 Å². The van der Waals surface area contributed by atoms with E-state index in [1.54, 1.807) is 24.3 Å². The molecular weight excluding hydrogens is 411 g/mol. The van der Waals surface area contributed by atoms with E-state index in [9.17, 15) is 13.7 Å². The summed E-state index contributed by atoms with van der Waals surface area (Å²) in [7, 11) is -2.58. The number of sulfonamides is 1. The number of ether oxygens (including phenoxy) is 1. The Bertz CT molecular complexity index is 1160. The van der Waals surface area contributed by atoms with Gasteiger partial charge >= 0.3 is 0 Å². The molecule has 3 aromatic rings. The monoisotopic (exact) mass is 422 g/mol. The maximum Gasteiger partial charge on any atom is 0.240 e. The van der Waals surface area contributed by atoms with E-state index in [-0.39, 0.29) is 26.3 Å². The molecule has 0 bridgehead atoms. The molecule has 0 spiro atoms. The molecule has 1 heterocycles. The van der Waals surface area contributed by atoms with Crippen LogP contribution in [0.1, 0.15) is 5.69 Å². The smallest absolute Gasteiger partial charge is 0.240 e. The Hall–Kier alpha value is -2.57. The minimum absolute atomic E-state index is 0.0808. The van der Waals surface area contributed by atoms with Crippen LogP contribution in [0.25, 0.3) is 16.9 Å². The van der Waals surface area contributed by atoms with Crippen molar-refractivity contribution >= 4 is 33.2 Å². The number of nitrogens with two attached hydrogens (primary N) is 1. The first-order valence-corrected chi connectivity index (χ1v) is 9.72. The van der Waals surface area contributed by atoms with Gasteiger partial charge in [0.2, 0.25) is 10.0 Å². The topological polar surface area (TPSA) is 111 Å². The second kappa shape index (κ2) is 7.21. The van der Waals surface area contributed by atoms with Gasteiger partial charge in [0.05, 0.1) is 28.5 Å². The summed E-state index contributed by atoms with van der Waals surface area (Å²) in [4.78, 5) is -0.135. The van der Waals surface area contributed by atoms with Crippen LogP contribution in [0, 0.1) is 11.3 Å². The molecule has 2 N–H and O–H groups in total. The molecule has 0 radical (unpaired) electrons. The largest absolute Gasteiger partial charge is 0.494 e. The summed E-state index contributed by atoms with van der Waals surface area (Å²) in [6.45, 7) is 0. The summed E-state index contributed by atoms with van der Waals surface area (Å²) < 4.78 is 30.4. The van der Waals surface area contributed by atoms with Crippen LogP contribution >= 0.6 is 23.2 Å². The van der Waals surface area contributed by atoms with Crippen molar-refractivity contribution in [3.05, 3.63) is 58.2 Å². The normalized spacial score (nSPS) is 11.2. The zero-order chi connectivity index (χ0) is 19.8. The van der Waals surface area contributed by atoms with Crippen molar-refractivity contribution in [1.29, 1.82) is 5.26 Å². The molecular formula is C17H12Cl2N4O3S. The van der Waals surface area contributed by atoms with Crippen LogP contribution in [0.15, 0.2) is 47.4 Å². The minimum atomic E-state index is -4.02. The van der Waals surface area contributed by atoms with Crippen molar-refractivity contribution < 1.29 is 13.2 Å². The molecule has 0 atom stereocenters. The number of nitriles is 1. The fraction of sp³-hybridized carbons (Fsp3) is 0.0588. The second-order valence-electron chi connectivity index (χ2n) is 5.42. The first-order valence-electron chi connectivity index (χ1n) is 7.42. The van der Waals surface area contributed by atoms with Crippen molar-refractivity contribution in [3.8, 4) is 28.8 Å². The SMILES string of the molecule is COc1c(Cl)cc(-c2cc(C#N)nn2-c2ccccc2S(N)(=O)=O)cc1Cl. The number of primary sulfonamides is 1. The molecule has 7 nitrogen and oxygen atoms in total. The number of para-hydroxylation sites is 1. The van der Waals surface area contributed by atoms with Crippen LogP contribution in [0.4, 0.5) is 0 Å². The van der Waals surface area contributed by atoms with Gasteiger partial charge in [0.15, 0.2) is 11.4 Å². The van der Waals surface area contributed by atoms with E-state index >= 15 is 0 Å². The summed E-state index contributed by atoms with van der Waals surface area (Å²) in [6, 6.07) is 12.7. The third kappa shape index (κ3) is 3.63.